The molecule has 1 unspecified atom stereocenters. The van der Waals surface area contributed by atoms with Gasteiger partial charge in [0.2, 0.25) is 0 Å². The van der Waals surface area contributed by atoms with E-state index in [1.54, 1.807) is 24.9 Å². The first-order valence-electron chi connectivity index (χ1n) is 5.22. The van der Waals surface area contributed by atoms with Crippen LogP contribution in [0.25, 0.3) is 0 Å². The van der Waals surface area contributed by atoms with Crippen molar-refractivity contribution in [3.8, 4) is 0 Å². The maximum Gasteiger partial charge on any atom is 0.123 e. The van der Waals surface area contributed by atoms with E-state index in [0.29, 0.717) is 13.2 Å². The van der Waals surface area contributed by atoms with Crippen LogP contribution in [0.3, 0.4) is 0 Å². The van der Waals surface area contributed by atoms with Crippen molar-refractivity contribution in [1.82, 2.24) is 5.32 Å². The van der Waals surface area contributed by atoms with E-state index < -0.39 is 0 Å². The fourth-order valence-corrected chi connectivity index (χ4v) is 2.08. The normalized spacial score (nSPS) is 12.8. The minimum Gasteiger partial charge on any atom is -0.383 e. The van der Waals surface area contributed by atoms with Gasteiger partial charge in [-0.2, -0.15) is 0 Å². The van der Waals surface area contributed by atoms with Crippen molar-refractivity contribution in [2.45, 2.75) is 24.4 Å². The highest BCUT2D eigenvalue weighted by atomic mass is 32.2. The van der Waals surface area contributed by atoms with Crippen LogP contribution in [0, 0.1) is 5.82 Å². The number of hydrogen-bond donors (Lipinski definition) is 1. The molecule has 2 nitrogen and oxygen atoms in total. The molecular formula is C12H18FNOS. The first-order chi connectivity index (χ1) is 7.67. The van der Waals surface area contributed by atoms with Crippen LogP contribution in [0.5, 0.6) is 0 Å². The lowest BCUT2D eigenvalue weighted by molar-refractivity contribution is 0.171. The average molecular weight is 243 g/mol. The number of nitrogens with one attached hydrogen (secondary N) is 1. The number of hydrogen-bond acceptors (Lipinski definition) is 3. The van der Waals surface area contributed by atoms with Gasteiger partial charge in [-0.05, 0) is 36.9 Å². The third kappa shape index (κ3) is 4.12. The molecule has 0 aliphatic rings. The fourth-order valence-electron chi connectivity index (χ4n) is 1.48. The van der Waals surface area contributed by atoms with Crippen molar-refractivity contribution in [3.63, 3.8) is 0 Å². The maximum atomic E-state index is 13.1. The molecular weight excluding hydrogens is 225 g/mol. The van der Waals surface area contributed by atoms with Gasteiger partial charge < -0.3 is 10.1 Å². The van der Waals surface area contributed by atoms with E-state index in [1.807, 2.05) is 19.2 Å². The number of methoxy groups -OCH3 is 1. The molecule has 16 heavy (non-hydrogen) atoms. The number of halogens is 1. The summed E-state index contributed by atoms with van der Waals surface area (Å²) in [5.41, 5.74) is 0.996. The van der Waals surface area contributed by atoms with Gasteiger partial charge in [0.15, 0.2) is 0 Å². The van der Waals surface area contributed by atoms with Gasteiger partial charge in [0, 0.05) is 24.6 Å². The van der Waals surface area contributed by atoms with Crippen molar-refractivity contribution in [2.24, 2.45) is 0 Å². The summed E-state index contributed by atoms with van der Waals surface area (Å²) in [6.07, 6.45) is 2.00. The second-order valence-corrected chi connectivity index (χ2v) is 4.54. The third-order valence-electron chi connectivity index (χ3n) is 2.30. The van der Waals surface area contributed by atoms with Gasteiger partial charge in [-0.15, -0.1) is 11.8 Å². The Labute approximate surface area is 101 Å². The van der Waals surface area contributed by atoms with E-state index in [1.165, 1.54) is 6.07 Å². The third-order valence-corrected chi connectivity index (χ3v) is 3.14. The van der Waals surface area contributed by atoms with Gasteiger partial charge in [0.25, 0.3) is 0 Å². The highest BCUT2D eigenvalue weighted by Crippen LogP contribution is 2.21. The van der Waals surface area contributed by atoms with Crippen molar-refractivity contribution in [1.29, 1.82) is 0 Å². The summed E-state index contributed by atoms with van der Waals surface area (Å²) in [5.74, 6) is -0.186. The summed E-state index contributed by atoms with van der Waals surface area (Å²) >= 11 is 1.63. The molecule has 0 heterocycles. The van der Waals surface area contributed by atoms with Gasteiger partial charge in [0.1, 0.15) is 5.82 Å². The molecule has 1 aromatic carbocycles. The van der Waals surface area contributed by atoms with Crippen LogP contribution >= 0.6 is 11.8 Å². The highest BCUT2D eigenvalue weighted by Gasteiger charge is 2.05. The Balaban J connectivity index is 2.61. The quantitative estimate of drug-likeness (QED) is 0.776. The van der Waals surface area contributed by atoms with Crippen molar-refractivity contribution in [3.05, 3.63) is 29.6 Å². The molecule has 0 bridgehead atoms. The predicted octanol–water partition coefficient (Wildman–Crippen LogP) is 2.67. The zero-order valence-corrected chi connectivity index (χ0v) is 10.7. The minimum absolute atomic E-state index is 0.186. The Morgan fingerprint density at radius 2 is 2.25 bits per heavy atom. The molecule has 0 radical (unpaired) electrons. The van der Waals surface area contributed by atoms with Gasteiger partial charge in [-0.25, -0.2) is 4.39 Å². The van der Waals surface area contributed by atoms with Crippen LogP contribution in [-0.4, -0.2) is 26.0 Å². The van der Waals surface area contributed by atoms with E-state index in [4.69, 9.17) is 4.74 Å². The molecule has 0 spiro atoms. The van der Waals surface area contributed by atoms with E-state index in [9.17, 15) is 4.39 Å². The Hall–Kier alpha value is -0.580. The van der Waals surface area contributed by atoms with Crippen LogP contribution in [0.15, 0.2) is 23.1 Å². The van der Waals surface area contributed by atoms with Crippen LogP contribution in [-0.2, 0) is 11.3 Å². The smallest absolute Gasteiger partial charge is 0.123 e. The van der Waals surface area contributed by atoms with Gasteiger partial charge in [-0.1, -0.05) is 0 Å². The Morgan fingerprint density at radius 1 is 1.50 bits per heavy atom. The predicted molar refractivity (Wildman–Crippen MR) is 66.4 cm³/mol. The zero-order chi connectivity index (χ0) is 12.0. The molecule has 0 saturated carbocycles. The van der Waals surface area contributed by atoms with Crippen molar-refractivity contribution < 1.29 is 9.13 Å². The molecule has 0 aliphatic heterocycles. The highest BCUT2D eigenvalue weighted by molar-refractivity contribution is 7.98. The van der Waals surface area contributed by atoms with E-state index >= 15 is 0 Å². The van der Waals surface area contributed by atoms with Gasteiger partial charge in [-0.3, -0.25) is 0 Å². The number of thioether (sulfide) groups is 1. The van der Waals surface area contributed by atoms with Gasteiger partial charge in [0.05, 0.1) is 6.61 Å². The molecule has 90 valence electrons. The van der Waals surface area contributed by atoms with Gasteiger partial charge >= 0.3 is 0 Å². The molecule has 0 aromatic heterocycles. The number of rotatable bonds is 6. The maximum absolute atomic E-state index is 13.1. The van der Waals surface area contributed by atoms with Crippen LogP contribution < -0.4 is 5.32 Å². The molecule has 1 N–H and O–H groups in total. The summed E-state index contributed by atoms with van der Waals surface area (Å²) in [6.45, 7) is 3.37. The van der Waals surface area contributed by atoms with E-state index in [2.05, 4.69) is 5.32 Å². The molecule has 0 aliphatic carbocycles. The van der Waals surface area contributed by atoms with Crippen LogP contribution in [0.2, 0.25) is 0 Å². The monoisotopic (exact) mass is 243 g/mol. The number of benzene rings is 1. The summed E-state index contributed by atoms with van der Waals surface area (Å²) in [4.78, 5) is 1.11. The molecule has 0 fully saturated rings. The lowest BCUT2D eigenvalue weighted by Gasteiger charge is -2.14. The zero-order valence-electron chi connectivity index (χ0n) is 9.92. The standard InChI is InChI=1S/C12H18FNOS/c1-9(8-15-2)14-7-10-6-11(13)4-5-12(10)16-3/h4-6,9,14H,7-8H2,1-3H3. The number of ether oxygens (including phenoxy) is 1. The van der Waals surface area contributed by atoms with E-state index in [-0.39, 0.29) is 11.9 Å². The molecule has 0 saturated heterocycles. The average Bonchev–Trinajstić information content (AvgIpc) is 2.27. The second-order valence-electron chi connectivity index (χ2n) is 3.69. The summed E-state index contributed by atoms with van der Waals surface area (Å²) < 4.78 is 18.1. The lowest BCUT2D eigenvalue weighted by Crippen LogP contribution is -2.29. The second kappa shape index (κ2) is 6.89. The summed E-state index contributed by atoms with van der Waals surface area (Å²) in [6, 6.07) is 5.16. The fraction of sp³-hybridized carbons (Fsp3) is 0.500. The lowest BCUT2D eigenvalue weighted by atomic mass is 10.2. The van der Waals surface area contributed by atoms with Crippen molar-refractivity contribution in [2.75, 3.05) is 20.0 Å². The minimum atomic E-state index is -0.186. The Kier molecular flexibility index (Phi) is 5.80. The first kappa shape index (κ1) is 13.5. The van der Waals surface area contributed by atoms with E-state index in [0.717, 1.165) is 10.5 Å². The van der Waals surface area contributed by atoms with Crippen LogP contribution in [0.1, 0.15) is 12.5 Å². The SMILES string of the molecule is COCC(C)NCc1cc(F)ccc1SC. The molecule has 4 heteroatoms. The summed E-state index contributed by atoms with van der Waals surface area (Å²) in [7, 11) is 1.67. The Bertz CT molecular complexity index is 333. The molecule has 1 rings (SSSR count). The Morgan fingerprint density at radius 3 is 2.88 bits per heavy atom. The molecule has 1 aromatic rings. The molecule has 0 amide bonds. The summed E-state index contributed by atoms with van der Waals surface area (Å²) in [5, 5.41) is 3.30. The largest absolute Gasteiger partial charge is 0.383 e. The molecule has 1 atom stereocenters. The first-order valence-corrected chi connectivity index (χ1v) is 6.44. The topological polar surface area (TPSA) is 21.3 Å². The van der Waals surface area contributed by atoms with Crippen molar-refractivity contribution >= 4 is 11.8 Å². The van der Waals surface area contributed by atoms with Crippen LogP contribution in [0.4, 0.5) is 4.39 Å².